The third-order valence-electron chi connectivity index (χ3n) is 4.07. The Labute approximate surface area is 154 Å². The predicted molar refractivity (Wildman–Crippen MR) is 103 cm³/mol. The lowest BCUT2D eigenvalue weighted by Crippen LogP contribution is -2.08. The fourth-order valence-corrected chi connectivity index (χ4v) is 4.22. The topological polar surface area (TPSA) is 74.8 Å². The molecule has 25 heavy (non-hydrogen) atoms. The molecule has 2 N–H and O–H groups in total. The van der Waals surface area contributed by atoms with E-state index >= 15 is 0 Å². The number of rotatable bonds is 6. The van der Waals surface area contributed by atoms with Crippen LogP contribution in [0.2, 0.25) is 0 Å². The van der Waals surface area contributed by atoms with Crippen LogP contribution in [0.5, 0.6) is 5.88 Å². The molecule has 0 saturated heterocycles. The Morgan fingerprint density at radius 1 is 1.36 bits per heavy atom. The quantitative estimate of drug-likeness (QED) is 0.706. The summed E-state index contributed by atoms with van der Waals surface area (Å²) >= 11 is 6.51. The number of fused-ring (bicyclic) bond motifs is 1. The van der Waals surface area contributed by atoms with Crippen LogP contribution in [0.15, 0.2) is 29.3 Å². The first-order chi connectivity index (χ1) is 12.0. The lowest BCUT2D eigenvalue weighted by Gasteiger charge is -2.10. The van der Waals surface area contributed by atoms with Gasteiger partial charge < -0.3 is 10.2 Å². The van der Waals surface area contributed by atoms with Crippen molar-refractivity contribution < 1.29 is 15.0 Å². The number of aromatic nitrogens is 1. The molecule has 1 aromatic heterocycles. The highest BCUT2D eigenvalue weighted by atomic mass is 32.1. The summed E-state index contributed by atoms with van der Waals surface area (Å²) in [6.45, 7) is 1.76. The molecular weight excluding hydrogens is 356 g/mol. The molecule has 0 spiro atoms. The van der Waals surface area contributed by atoms with Gasteiger partial charge in [-0.15, -0.1) is 11.3 Å². The van der Waals surface area contributed by atoms with Crippen LogP contribution in [0.4, 0.5) is 5.69 Å². The highest BCUT2D eigenvalue weighted by Crippen LogP contribution is 2.42. The van der Waals surface area contributed by atoms with Gasteiger partial charge in [0.2, 0.25) is 5.88 Å². The van der Waals surface area contributed by atoms with Crippen molar-refractivity contribution in [2.75, 3.05) is 0 Å². The Hall–Kier alpha value is -2.25. The van der Waals surface area contributed by atoms with Crippen molar-refractivity contribution in [3.63, 3.8) is 0 Å². The fourth-order valence-electron chi connectivity index (χ4n) is 2.85. The molecule has 7 heteroatoms. The van der Waals surface area contributed by atoms with E-state index in [0.29, 0.717) is 8.83 Å². The molecule has 0 aliphatic carbocycles. The van der Waals surface area contributed by atoms with Crippen LogP contribution in [0.1, 0.15) is 36.6 Å². The maximum atomic E-state index is 11.0. The molecule has 1 aromatic carbocycles. The van der Waals surface area contributed by atoms with Crippen molar-refractivity contribution >= 4 is 52.6 Å². The molecule has 0 unspecified atom stereocenters. The Kier molecular flexibility index (Phi) is 5.15. The maximum Gasteiger partial charge on any atom is 0.323 e. The number of aromatic hydroxyl groups is 1. The monoisotopic (exact) mass is 374 g/mol. The van der Waals surface area contributed by atoms with E-state index in [1.807, 2.05) is 30.5 Å². The summed E-state index contributed by atoms with van der Waals surface area (Å²) in [5, 5.41) is 19.6. The molecule has 0 bridgehead atoms. The van der Waals surface area contributed by atoms with E-state index in [9.17, 15) is 9.90 Å². The zero-order chi connectivity index (χ0) is 18.0. The van der Waals surface area contributed by atoms with E-state index in [4.69, 9.17) is 17.3 Å². The Balaban J connectivity index is 2.16. The molecule has 5 nitrogen and oxygen atoms in total. The van der Waals surface area contributed by atoms with Crippen molar-refractivity contribution in [1.82, 2.24) is 4.57 Å². The van der Waals surface area contributed by atoms with Crippen molar-refractivity contribution in [3.8, 4) is 5.88 Å². The summed E-state index contributed by atoms with van der Waals surface area (Å²) in [7, 11) is 0. The second-order valence-electron chi connectivity index (χ2n) is 5.77. The molecule has 0 fully saturated rings. The van der Waals surface area contributed by atoms with Crippen molar-refractivity contribution in [2.45, 2.75) is 32.7 Å². The van der Waals surface area contributed by atoms with Gasteiger partial charge in [0, 0.05) is 17.4 Å². The Bertz CT molecular complexity index is 938. The van der Waals surface area contributed by atoms with E-state index in [-0.39, 0.29) is 12.4 Å². The Morgan fingerprint density at radius 2 is 2.12 bits per heavy atom. The largest absolute Gasteiger partial charge is 0.493 e. The van der Waals surface area contributed by atoms with Gasteiger partial charge in [0.15, 0.2) is 3.95 Å². The van der Waals surface area contributed by atoms with E-state index in [1.54, 1.807) is 0 Å². The van der Waals surface area contributed by atoms with Gasteiger partial charge in [0.1, 0.15) is 6.54 Å². The summed E-state index contributed by atoms with van der Waals surface area (Å²) in [6.07, 6.45) is 4.55. The van der Waals surface area contributed by atoms with Crippen molar-refractivity contribution in [1.29, 1.82) is 0 Å². The van der Waals surface area contributed by atoms with E-state index in [0.717, 1.165) is 41.7 Å². The number of hydrogen-bond acceptors (Lipinski definition) is 5. The van der Waals surface area contributed by atoms with Gasteiger partial charge in [-0.2, -0.15) is 0 Å². The molecule has 130 valence electrons. The van der Waals surface area contributed by atoms with Gasteiger partial charge >= 0.3 is 5.97 Å². The zero-order valence-electron chi connectivity index (χ0n) is 13.7. The van der Waals surface area contributed by atoms with Gasteiger partial charge in [-0.05, 0) is 36.7 Å². The van der Waals surface area contributed by atoms with Crippen molar-refractivity contribution in [3.05, 3.63) is 38.7 Å². The SMILES string of the molecule is CCCCC(=C1C=Nc2ccccc21)c1sc(=S)n(CC(=O)O)c1O. The lowest BCUT2D eigenvalue weighted by atomic mass is 9.96. The predicted octanol–water partition coefficient (Wildman–Crippen LogP) is 4.89. The van der Waals surface area contributed by atoms with Crippen LogP contribution in [0, 0.1) is 3.95 Å². The van der Waals surface area contributed by atoms with Crippen LogP contribution >= 0.6 is 23.6 Å². The van der Waals surface area contributed by atoms with Gasteiger partial charge in [0.05, 0.1) is 10.6 Å². The average molecular weight is 374 g/mol. The van der Waals surface area contributed by atoms with E-state index in [2.05, 4.69) is 11.9 Å². The first-order valence-corrected chi connectivity index (χ1v) is 9.26. The van der Waals surface area contributed by atoms with Gasteiger partial charge in [0.25, 0.3) is 0 Å². The van der Waals surface area contributed by atoms with Gasteiger partial charge in [-0.3, -0.25) is 14.4 Å². The summed E-state index contributed by atoms with van der Waals surface area (Å²) in [4.78, 5) is 16.1. The van der Waals surface area contributed by atoms with E-state index in [1.165, 1.54) is 15.9 Å². The number of aliphatic imine (C=N–C) groups is 1. The molecule has 2 heterocycles. The molecule has 0 amide bonds. The molecule has 0 radical (unpaired) electrons. The minimum Gasteiger partial charge on any atom is -0.493 e. The molecule has 0 saturated carbocycles. The van der Waals surface area contributed by atoms with Crippen molar-refractivity contribution in [2.24, 2.45) is 4.99 Å². The number of unbranched alkanes of at least 4 members (excludes halogenated alkanes) is 1. The molecule has 2 aromatic rings. The third-order valence-corrected chi connectivity index (χ3v) is 5.57. The number of carbonyl (C=O) groups is 1. The summed E-state index contributed by atoms with van der Waals surface area (Å²) in [5.41, 5.74) is 3.86. The number of aliphatic carboxylic acids is 1. The maximum absolute atomic E-state index is 11.0. The molecule has 3 rings (SSSR count). The smallest absolute Gasteiger partial charge is 0.323 e. The number of hydrogen-bond donors (Lipinski definition) is 2. The molecular formula is C18H18N2O3S2. The fraction of sp³-hybridized carbons (Fsp3) is 0.278. The average Bonchev–Trinajstić information content (AvgIpc) is 3.12. The molecule has 0 atom stereocenters. The van der Waals surface area contributed by atoms with Crippen LogP contribution in [0.25, 0.3) is 11.1 Å². The highest BCUT2D eigenvalue weighted by molar-refractivity contribution is 7.73. The first-order valence-electron chi connectivity index (χ1n) is 8.04. The number of nitrogens with zero attached hydrogens (tertiary/aromatic N) is 2. The lowest BCUT2D eigenvalue weighted by molar-refractivity contribution is -0.137. The van der Waals surface area contributed by atoms with Crippen LogP contribution in [-0.2, 0) is 11.3 Å². The first kappa shape index (κ1) is 17.6. The third kappa shape index (κ3) is 3.43. The highest BCUT2D eigenvalue weighted by Gasteiger charge is 2.23. The van der Waals surface area contributed by atoms with Gasteiger partial charge in [-0.25, -0.2) is 0 Å². The number of benzene rings is 1. The van der Waals surface area contributed by atoms with E-state index < -0.39 is 5.97 Å². The number of thiazole rings is 1. The minimum absolute atomic E-state index is 0.0752. The number of carboxylic acids is 1. The molecule has 1 aliphatic heterocycles. The second-order valence-corrected chi connectivity index (χ2v) is 7.42. The van der Waals surface area contributed by atoms with Gasteiger partial charge in [-0.1, -0.05) is 31.5 Å². The minimum atomic E-state index is -1.04. The number of para-hydroxylation sites is 1. The van der Waals surface area contributed by atoms with Crippen LogP contribution < -0.4 is 0 Å². The Morgan fingerprint density at radius 3 is 2.84 bits per heavy atom. The zero-order valence-corrected chi connectivity index (χ0v) is 15.4. The summed E-state index contributed by atoms with van der Waals surface area (Å²) < 4.78 is 1.62. The van der Waals surface area contributed by atoms with Crippen LogP contribution in [-0.4, -0.2) is 27.0 Å². The normalized spacial score (nSPS) is 14.6. The molecule has 1 aliphatic rings. The summed E-state index contributed by atoms with van der Waals surface area (Å²) in [6, 6.07) is 7.86. The summed E-state index contributed by atoms with van der Waals surface area (Å²) in [5.74, 6) is -1.11. The second kappa shape index (κ2) is 7.33. The standard InChI is InChI=1S/C18H18N2O3S2/c1-2-3-6-12(13-9-19-14-8-5-4-7-11(13)14)16-17(23)20(10-15(21)22)18(24)25-16/h4-5,7-9,23H,2-3,6,10H2,1H3,(H,21,22). The number of carboxylic acid groups (broad SMARTS) is 1. The number of allylic oxidation sites excluding steroid dienone is 2. The van der Waals surface area contributed by atoms with Crippen LogP contribution in [0.3, 0.4) is 0 Å².